The average molecular weight is 300 g/mol. The first-order valence-electron chi connectivity index (χ1n) is 8.02. The molecule has 2 atom stereocenters. The zero-order valence-electron chi connectivity index (χ0n) is 14.2. The van der Waals surface area contributed by atoms with Gasteiger partial charge in [-0.25, -0.2) is 0 Å². The molecule has 0 aliphatic heterocycles. The first-order chi connectivity index (χ1) is 9.75. The highest BCUT2D eigenvalue weighted by atomic mass is 16.5. The fourth-order valence-corrected chi connectivity index (χ4v) is 2.67. The molecule has 5 heteroatoms. The summed E-state index contributed by atoms with van der Waals surface area (Å²) in [6.45, 7) is 12.9. The van der Waals surface area contributed by atoms with E-state index in [1.165, 1.54) is 0 Å². The molecule has 5 nitrogen and oxygen atoms in total. The van der Waals surface area contributed by atoms with E-state index in [1.54, 1.807) is 0 Å². The maximum atomic E-state index is 12.3. The van der Waals surface area contributed by atoms with Gasteiger partial charge in [-0.1, -0.05) is 27.7 Å². The predicted octanol–water partition coefficient (Wildman–Crippen LogP) is 1.70. The largest absolute Gasteiger partial charge is 0.381 e. The molecule has 1 aliphatic rings. The van der Waals surface area contributed by atoms with Crippen LogP contribution in [0.5, 0.6) is 0 Å². The molecule has 3 N–H and O–H groups in total. The minimum absolute atomic E-state index is 0.0626. The third kappa shape index (κ3) is 4.18. The van der Waals surface area contributed by atoms with Gasteiger partial charge in [0.05, 0.1) is 6.10 Å². The number of nitrogens with two attached hydrogens (primary N) is 1. The lowest BCUT2D eigenvalue weighted by Gasteiger charge is -2.57. The van der Waals surface area contributed by atoms with E-state index in [9.17, 15) is 4.79 Å². The fraction of sp³-hybridized carbons (Fsp3) is 0.938. The van der Waals surface area contributed by atoms with E-state index in [-0.39, 0.29) is 17.4 Å². The molecular weight excluding hydrogens is 268 g/mol. The SMILES string of the molecule is CCOC1CC(N)(C(=O)NCCCOCC(C)C)C1(C)C. The first-order valence-corrected chi connectivity index (χ1v) is 8.02. The van der Waals surface area contributed by atoms with E-state index in [2.05, 4.69) is 19.2 Å². The number of amides is 1. The van der Waals surface area contributed by atoms with Crippen molar-refractivity contribution >= 4 is 5.91 Å². The lowest BCUT2D eigenvalue weighted by atomic mass is 9.54. The van der Waals surface area contributed by atoms with Gasteiger partial charge in [0, 0.05) is 38.2 Å². The molecule has 0 aromatic carbocycles. The zero-order chi connectivity index (χ0) is 16.1. The Hall–Kier alpha value is -0.650. The topological polar surface area (TPSA) is 73.6 Å². The maximum absolute atomic E-state index is 12.3. The number of rotatable bonds is 9. The Balaban J connectivity index is 2.29. The smallest absolute Gasteiger partial charge is 0.240 e. The summed E-state index contributed by atoms with van der Waals surface area (Å²) in [4.78, 5) is 12.3. The van der Waals surface area contributed by atoms with Crippen LogP contribution in [-0.4, -0.2) is 43.9 Å². The van der Waals surface area contributed by atoms with Crippen LogP contribution in [0.15, 0.2) is 0 Å². The van der Waals surface area contributed by atoms with Crippen molar-refractivity contribution in [2.45, 2.75) is 59.1 Å². The van der Waals surface area contributed by atoms with Gasteiger partial charge in [-0.2, -0.15) is 0 Å². The van der Waals surface area contributed by atoms with Gasteiger partial charge in [-0.3, -0.25) is 4.79 Å². The first kappa shape index (κ1) is 18.4. The average Bonchev–Trinajstić information content (AvgIpc) is 2.41. The second kappa shape index (κ2) is 7.56. The molecule has 0 aromatic heterocycles. The summed E-state index contributed by atoms with van der Waals surface area (Å²) >= 11 is 0. The quantitative estimate of drug-likeness (QED) is 0.636. The molecular formula is C16H32N2O3. The van der Waals surface area contributed by atoms with E-state index in [4.69, 9.17) is 15.2 Å². The molecule has 0 saturated heterocycles. The van der Waals surface area contributed by atoms with Crippen molar-refractivity contribution < 1.29 is 14.3 Å². The van der Waals surface area contributed by atoms with Crippen LogP contribution < -0.4 is 11.1 Å². The van der Waals surface area contributed by atoms with Gasteiger partial charge in [-0.05, 0) is 19.3 Å². The van der Waals surface area contributed by atoms with Crippen LogP contribution in [0.25, 0.3) is 0 Å². The highest BCUT2D eigenvalue weighted by molar-refractivity contribution is 5.88. The molecule has 1 amide bonds. The van der Waals surface area contributed by atoms with Crippen molar-refractivity contribution in [3.05, 3.63) is 0 Å². The number of nitrogens with one attached hydrogen (secondary N) is 1. The molecule has 1 aliphatic carbocycles. The van der Waals surface area contributed by atoms with Crippen LogP contribution in [-0.2, 0) is 14.3 Å². The molecule has 0 radical (unpaired) electrons. The second-order valence-electron chi connectivity index (χ2n) is 6.92. The Kier molecular flexibility index (Phi) is 6.63. The van der Waals surface area contributed by atoms with Crippen molar-refractivity contribution in [2.75, 3.05) is 26.4 Å². The molecule has 1 saturated carbocycles. The molecule has 21 heavy (non-hydrogen) atoms. The van der Waals surface area contributed by atoms with Crippen molar-refractivity contribution in [1.29, 1.82) is 0 Å². The molecule has 0 bridgehead atoms. The van der Waals surface area contributed by atoms with Crippen molar-refractivity contribution in [1.82, 2.24) is 5.32 Å². The van der Waals surface area contributed by atoms with Gasteiger partial charge >= 0.3 is 0 Å². The lowest BCUT2D eigenvalue weighted by Crippen LogP contribution is -2.75. The third-order valence-electron chi connectivity index (χ3n) is 4.44. The van der Waals surface area contributed by atoms with Gasteiger partial charge in [-0.15, -0.1) is 0 Å². The number of hydrogen-bond donors (Lipinski definition) is 2. The minimum atomic E-state index is -0.828. The second-order valence-corrected chi connectivity index (χ2v) is 6.92. The van der Waals surface area contributed by atoms with Crippen molar-refractivity contribution in [2.24, 2.45) is 17.1 Å². The maximum Gasteiger partial charge on any atom is 0.240 e. The Labute approximate surface area is 128 Å². The molecule has 1 rings (SSSR count). The molecule has 2 unspecified atom stereocenters. The summed E-state index contributed by atoms with van der Waals surface area (Å²) in [6.07, 6.45) is 1.46. The fourth-order valence-electron chi connectivity index (χ4n) is 2.67. The lowest BCUT2D eigenvalue weighted by molar-refractivity contribution is -0.170. The van der Waals surface area contributed by atoms with Crippen molar-refractivity contribution in [3.63, 3.8) is 0 Å². The van der Waals surface area contributed by atoms with Crippen LogP contribution in [0, 0.1) is 11.3 Å². The number of carbonyl (C=O) groups is 1. The van der Waals surface area contributed by atoms with Crippen LogP contribution in [0.4, 0.5) is 0 Å². The molecule has 0 aromatic rings. The summed E-state index contributed by atoms with van der Waals surface area (Å²) in [5.41, 5.74) is 5.14. The number of ether oxygens (including phenoxy) is 2. The van der Waals surface area contributed by atoms with E-state index >= 15 is 0 Å². The van der Waals surface area contributed by atoms with E-state index < -0.39 is 5.54 Å². The van der Waals surface area contributed by atoms with E-state index in [0.717, 1.165) is 13.0 Å². The van der Waals surface area contributed by atoms with Crippen LogP contribution in [0.2, 0.25) is 0 Å². The van der Waals surface area contributed by atoms with Gasteiger partial charge in [0.15, 0.2) is 0 Å². The highest BCUT2D eigenvalue weighted by Crippen LogP contribution is 2.49. The summed E-state index contributed by atoms with van der Waals surface area (Å²) in [6, 6.07) is 0. The Morgan fingerprint density at radius 3 is 2.62 bits per heavy atom. The van der Waals surface area contributed by atoms with Crippen LogP contribution in [0.1, 0.15) is 47.5 Å². The Morgan fingerprint density at radius 1 is 1.43 bits per heavy atom. The number of carbonyl (C=O) groups excluding carboxylic acids is 1. The highest BCUT2D eigenvalue weighted by Gasteiger charge is 2.62. The predicted molar refractivity (Wildman–Crippen MR) is 84.0 cm³/mol. The van der Waals surface area contributed by atoms with Gasteiger partial charge in [0.25, 0.3) is 0 Å². The van der Waals surface area contributed by atoms with Crippen molar-refractivity contribution in [3.8, 4) is 0 Å². The van der Waals surface area contributed by atoms with Gasteiger partial charge in [0.1, 0.15) is 5.54 Å². The van der Waals surface area contributed by atoms with E-state index in [1.807, 2.05) is 20.8 Å². The summed E-state index contributed by atoms with van der Waals surface area (Å²) in [5, 5.41) is 2.93. The summed E-state index contributed by atoms with van der Waals surface area (Å²) in [5.74, 6) is 0.463. The minimum Gasteiger partial charge on any atom is -0.381 e. The van der Waals surface area contributed by atoms with Crippen LogP contribution in [0.3, 0.4) is 0 Å². The molecule has 124 valence electrons. The number of hydrogen-bond acceptors (Lipinski definition) is 4. The Morgan fingerprint density at radius 2 is 2.10 bits per heavy atom. The Bertz CT molecular complexity index is 344. The standard InChI is InChI=1S/C16H32N2O3/c1-6-21-13-10-16(17,15(13,4)5)14(19)18-8-7-9-20-11-12(2)3/h12-13H,6-11,17H2,1-5H3,(H,18,19). The monoisotopic (exact) mass is 300 g/mol. The van der Waals surface area contributed by atoms with Crippen LogP contribution >= 0.6 is 0 Å². The van der Waals surface area contributed by atoms with Gasteiger partial charge in [0.2, 0.25) is 5.91 Å². The third-order valence-corrected chi connectivity index (χ3v) is 4.44. The van der Waals surface area contributed by atoms with Gasteiger partial charge < -0.3 is 20.5 Å². The molecule has 1 fully saturated rings. The summed E-state index contributed by atoms with van der Waals surface area (Å²) < 4.78 is 11.1. The zero-order valence-corrected chi connectivity index (χ0v) is 14.2. The molecule has 0 heterocycles. The van der Waals surface area contributed by atoms with E-state index in [0.29, 0.717) is 32.1 Å². The molecule has 0 spiro atoms. The normalized spacial score (nSPS) is 27.5. The summed E-state index contributed by atoms with van der Waals surface area (Å²) in [7, 11) is 0.